The fourth-order valence-electron chi connectivity index (χ4n) is 2.77. The molecule has 0 bridgehead atoms. The fourth-order valence-corrected chi connectivity index (χ4v) is 3.69. The summed E-state index contributed by atoms with van der Waals surface area (Å²) in [4.78, 5) is 18.8. The van der Waals surface area contributed by atoms with E-state index in [9.17, 15) is 4.79 Å². The smallest absolute Gasteiger partial charge is 0.239 e. The van der Waals surface area contributed by atoms with E-state index in [1.165, 1.54) is 11.8 Å². The third-order valence-corrected chi connectivity index (χ3v) is 5.22. The number of amidine groups is 1. The summed E-state index contributed by atoms with van der Waals surface area (Å²) in [6.07, 6.45) is 0.722. The Morgan fingerprint density at radius 2 is 1.88 bits per heavy atom. The van der Waals surface area contributed by atoms with Crippen molar-refractivity contribution in [3.63, 3.8) is 0 Å². The number of benzene rings is 2. The highest BCUT2D eigenvalue weighted by Crippen LogP contribution is 2.29. The van der Waals surface area contributed by atoms with Crippen LogP contribution in [-0.2, 0) is 11.2 Å². The second kappa shape index (κ2) is 8.27. The van der Waals surface area contributed by atoms with Crippen LogP contribution >= 0.6 is 11.8 Å². The largest absolute Gasteiger partial charge is 0.493 e. The summed E-state index contributed by atoms with van der Waals surface area (Å²) < 4.78 is 10.6. The molecule has 1 aliphatic rings. The number of hydrogen-bond donors (Lipinski definition) is 0. The van der Waals surface area contributed by atoms with Gasteiger partial charge in [-0.3, -0.25) is 9.69 Å². The number of rotatable bonds is 6. The van der Waals surface area contributed by atoms with Gasteiger partial charge in [-0.05, 0) is 42.7 Å². The predicted molar refractivity (Wildman–Crippen MR) is 106 cm³/mol. The molecular formula is C20H22N2O3S. The highest BCUT2D eigenvalue weighted by molar-refractivity contribution is 8.15. The zero-order chi connectivity index (χ0) is 18.5. The average molecular weight is 370 g/mol. The summed E-state index contributed by atoms with van der Waals surface area (Å²) in [7, 11) is 3.24. The van der Waals surface area contributed by atoms with Gasteiger partial charge in [-0.15, -0.1) is 0 Å². The quantitative estimate of drug-likeness (QED) is 0.776. The van der Waals surface area contributed by atoms with E-state index in [1.807, 2.05) is 49.4 Å². The number of carbonyl (C=O) groups excluding carboxylic acids is 1. The van der Waals surface area contributed by atoms with E-state index in [0.29, 0.717) is 23.8 Å². The summed E-state index contributed by atoms with van der Waals surface area (Å²) in [6, 6.07) is 13.8. The Labute approximate surface area is 158 Å². The molecule has 0 unspecified atom stereocenters. The molecule has 5 nitrogen and oxygen atoms in total. The number of nitrogens with zero attached hydrogens (tertiary/aromatic N) is 2. The lowest BCUT2D eigenvalue weighted by Gasteiger charge is -2.17. The Balaban J connectivity index is 1.75. The van der Waals surface area contributed by atoms with Crippen molar-refractivity contribution >= 4 is 28.5 Å². The second-order valence-corrected chi connectivity index (χ2v) is 6.90. The maximum absolute atomic E-state index is 12.3. The molecule has 26 heavy (non-hydrogen) atoms. The van der Waals surface area contributed by atoms with E-state index < -0.39 is 0 Å². The van der Waals surface area contributed by atoms with Gasteiger partial charge in [-0.1, -0.05) is 36.0 Å². The zero-order valence-corrected chi connectivity index (χ0v) is 16.0. The first kappa shape index (κ1) is 18.3. The molecule has 6 heteroatoms. The maximum atomic E-state index is 12.3. The van der Waals surface area contributed by atoms with E-state index in [0.717, 1.165) is 28.4 Å². The lowest BCUT2D eigenvalue weighted by molar-refractivity contribution is -0.124. The molecule has 1 amide bonds. The van der Waals surface area contributed by atoms with Crippen LogP contribution in [0.1, 0.15) is 11.1 Å². The van der Waals surface area contributed by atoms with Gasteiger partial charge in [0.1, 0.15) is 0 Å². The molecule has 2 aromatic carbocycles. The molecule has 136 valence electrons. The van der Waals surface area contributed by atoms with Crippen LogP contribution in [0.4, 0.5) is 5.69 Å². The first-order chi connectivity index (χ1) is 12.6. The number of thioether (sulfide) groups is 1. The van der Waals surface area contributed by atoms with Crippen molar-refractivity contribution in [3.05, 3.63) is 53.6 Å². The fraction of sp³-hybridized carbons (Fsp3) is 0.300. The summed E-state index contributed by atoms with van der Waals surface area (Å²) in [6.45, 7) is 2.61. The van der Waals surface area contributed by atoms with Gasteiger partial charge in [0.2, 0.25) is 5.91 Å². The minimum Gasteiger partial charge on any atom is -0.493 e. The SMILES string of the molecule is COc1ccc(CCN2C(=O)CSC2=Nc2ccccc2C)cc1OC. The van der Waals surface area contributed by atoms with Gasteiger partial charge < -0.3 is 9.47 Å². The number of amides is 1. The van der Waals surface area contributed by atoms with Gasteiger partial charge in [-0.2, -0.15) is 0 Å². The number of aliphatic imine (C=N–C) groups is 1. The van der Waals surface area contributed by atoms with E-state index in [2.05, 4.69) is 0 Å². The summed E-state index contributed by atoms with van der Waals surface area (Å²) in [5.74, 6) is 1.94. The third kappa shape index (κ3) is 4.02. The van der Waals surface area contributed by atoms with Crippen LogP contribution in [0.25, 0.3) is 0 Å². The number of para-hydroxylation sites is 1. The molecular weight excluding hydrogens is 348 g/mol. The first-order valence-electron chi connectivity index (χ1n) is 8.40. The molecule has 0 aliphatic carbocycles. The zero-order valence-electron chi connectivity index (χ0n) is 15.2. The molecule has 0 N–H and O–H groups in total. The molecule has 1 heterocycles. The van der Waals surface area contributed by atoms with Crippen LogP contribution in [-0.4, -0.2) is 42.5 Å². The van der Waals surface area contributed by atoms with Crippen molar-refractivity contribution in [1.82, 2.24) is 4.90 Å². The van der Waals surface area contributed by atoms with Gasteiger partial charge in [0.15, 0.2) is 16.7 Å². The normalized spacial score (nSPS) is 15.6. The van der Waals surface area contributed by atoms with Crippen LogP contribution in [0.3, 0.4) is 0 Å². The molecule has 2 aromatic rings. The van der Waals surface area contributed by atoms with Crippen molar-refractivity contribution in [2.45, 2.75) is 13.3 Å². The third-order valence-electron chi connectivity index (χ3n) is 4.26. The van der Waals surface area contributed by atoms with Gasteiger partial charge in [0, 0.05) is 6.54 Å². The molecule has 0 radical (unpaired) electrons. The second-order valence-electron chi connectivity index (χ2n) is 5.95. The molecule has 0 atom stereocenters. The van der Waals surface area contributed by atoms with E-state index in [4.69, 9.17) is 14.5 Å². The molecule has 0 spiro atoms. The predicted octanol–water partition coefficient (Wildman–Crippen LogP) is 3.82. The van der Waals surface area contributed by atoms with Gasteiger partial charge >= 0.3 is 0 Å². The van der Waals surface area contributed by atoms with Crippen LogP contribution < -0.4 is 9.47 Å². The number of carbonyl (C=O) groups is 1. The number of ether oxygens (including phenoxy) is 2. The molecule has 1 saturated heterocycles. The van der Waals surface area contributed by atoms with Gasteiger partial charge in [0.05, 0.1) is 25.7 Å². The Morgan fingerprint density at radius 3 is 2.62 bits per heavy atom. The number of methoxy groups -OCH3 is 2. The Hall–Kier alpha value is -2.47. The highest BCUT2D eigenvalue weighted by Gasteiger charge is 2.28. The first-order valence-corrected chi connectivity index (χ1v) is 9.39. The molecule has 1 fully saturated rings. The Morgan fingerprint density at radius 1 is 1.12 bits per heavy atom. The summed E-state index contributed by atoms with van der Waals surface area (Å²) in [5.41, 5.74) is 3.09. The van der Waals surface area contributed by atoms with Gasteiger partial charge in [-0.25, -0.2) is 4.99 Å². The lowest BCUT2D eigenvalue weighted by atomic mass is 10.1. The standard InChI is InChI=1S/C20H22N2O3S/c1-14-6-4-5-7-16(14)21-20-22(19(23)13-26-20)11-10-15-8-9-17(24-2)18(12-15)25-3/h4-9,12H,10-11,13H2,1-3H3. The summed E-state index contributed by atoms with van der Waals surface area (Å²) >= 11 is 1.49. The Bertz CT molecular complexity index is 836. The molecule has 0 aromatic heterocycles. The topological polar surface area (TPSA) is 51.1 Å². The minimum atomic E-state index is 0.0998. The van der Waals surface area contributed by atoms with E-state index in [-0.39, 0.29) is 5.91 Å². The van der Waals surface area contributed by atoms with Crippen LogP contribution in [0.5, 0.6) is 11.5 Å². The van der Waals surface area contributed by atoms with E-state index >= 15 is 0 Å². The van der Waals surface area contributed by atoms with E-state index in [1.54, 1.807) is 19.1 Å². The van der Waals surface area contributed by atoms with Crippen LogP contribution in [0.2, 0.25) is 0 Å². The lowest BCUT2D eigenvalue weighted by Crippen LogP contribution is -2.31. The highest BCUT2D eigenvalue weighted by atomic mass is 32.2. The minimum absolute atomic E-state index is 0.0998. The molecule has 3 rings (SSSR count). The van der Waals surface area contributed by atoms with Crippen molar-refractivity contribution in [1.29, 1.82) is 0 Å². The van der Waals surface area contributed by atoms with Crippen molar-refractivity contribution in [3.8, 4) is 11.5 Å². The number of aryl methyl sites for hydroxylation is 1. The maximum Gasteiger partial charge on any atom is 0.239 e. The summed E-state index contributed by atoms with van der Waals surface area (Å²) in [5, 5.41) is 0.768. The Kier molecular flexibility index (Phi) is 5.83. The van der Waals surface area contributed by atoms with Crippen LogP contribution in [0.15, 0.2) is 47.5 Å². The number of hydrogen-bond acceptors (Lipinski definition) is 5. The monoisotopic (exact) mass is 370 g/mol. The van der Waals surface area contributed by atoms with Crippen molar-refractivity contribution in [2.75, 3.05) is 26.5 Å². The van der Waals surface area contributed by atoms with Crippen molar-refractivity contribution < 1.29 is 14.3 Å². The average Bonchev–Trinajstić information content (AvgIpc) is 3.01. The van der Waals surface area contributed by atoms with Gasteiger partial charge in [0.25, 0.3) is 0 Å². The van der Waals surface area contributed by atoms with Crippen LogP contribution in [0, 0.1) is 6.92 Å². The molecule has 1 aliphatic heterocycles. The molecule has 0 saturated carbocycles. The van der Waals surface area contributed by atoms with Crippen molar-refractivity contribution in [2.24, 2.45) is 4.99 Å².